The Morgan fingerprint density at radius 2 is 2.00 bits per heavy atom. The summed E-state index contributed by atoms with van der Waals surface area (Å²) in [6, 6.07) is 1.43. The van der Waals surface area contributed by atoms with E-state index in [9.17, 15) is 14.4 Å². The molecule has 1 aromatic heterocycles. The maximum Gasteiger partial charge on any atom is 0.348 e. The molecule has 7 heteroatoms. The number of carbonyl (C=O) groups excluding carboxylic acids is 3. The van der Waals surface area contributed by atoms with Gasteiger partial charge in [0, 0.05) is 10.9 Å². The van der Waals surface area contributed by atoms with E-state index in [4.69, 9.17) is 4.74 Å². The lowest BCUT2D eigenvalue weighted by molar-refractivity contribution is -0.123. The first kappa shape index (κ1) is 17.9. The molecule has 0 aromatic carbocycles. The average molecular weight is 364 g/mol. The van der Waals surface area contributed by atoms with Crippen LogP contribution in [0.1, 0.15) is 59.1 Å². The van der Waals surface area contributed by atoms with Crippen LogP contribution in [-0.4, -0.2) is 30.6 Å². The number of imide groups is 1. The Morgan fingerprint density at radius 1 is 1.20 bits per heavy atom. The van der Waals surface area contributed by atoms with Crippen molar-refractivity contribution < 1.29 is 19.1 Å². The van der Waals surface area contributed by atoms with Gasteiger partial charge in [0.1, 0.15) is 4.88 Å². The van der Waals surface area contributed by atoms with Crippen molar-refractivity contribution in [3.63, 3.8) is 0 Å². The lowest BCUT2D eigenvalue weighted by Crippen LogP contribution is -2.48. The Balaban J connectivity index is 1.41. The zero-order valence-electron chi connectivity index (χ0n) is 14.4. The first-order valence-electron chi connectivity index (χ1n) is 8.92. The fourth-order valence-electron chi connectivity index (χ4n) is 3.53. The van der Waals surface area contributed by atoms with Crippen LogP contribution in [0.4, 0.5) is 4.79 Å². The minimum Gasteiger partial charge on any atom is -0.451 e. The fourth-order valence-corrected chi connectivity index (χ4v) is 4.68. The molecule has 25 heavy (non-hydrogen) atoms. The molecule has 3 amide bonds. The van der Waals surface area contributed by atoms with Crippen LogP contribution in [0.15, 0.2) is 6.07 Å². The number of thiophene rings is 1. The van der Waals surface area contributed by atoms with E-state index in [1.807, 2.05) is 6.07 Å². The first-order chi connectivity index (χ1) is 12.0. The highest BCUT2D eigenvalue weighted by molar-refractivity contribution is 7.14. The van der Waals surface area contributed by atoms with Gasteiger partial charge >= 0.3 is 12.0 Å². The molecule has 6 nitrogen and oxygen atoms in total. The fraction of sp³-hybridized carbons (Fsp3) is 0.611. The molecule has 0 radical (unpaired) electrons. The molecule has 1 aromatic rings. The second-order valence-electron chi connectivity index (χ2n) is 6.88. The molecule has 2 aliphatic carbocycles. The molecule has 1 heterocycles. The Bertz CT molecular complexity index is 649. The number of urea groups is 1. The highest BCUT2D eigenvalue weighted by atomic mass is 32.1. The molecule has 0 unspecified atom stereocenters. The van der Waals surface area contributed by atoms with E-state index >= 15 is 0 Å². The average Bonchev–Trinajstić information content (AvgIpc) is 3.16. The summed E-state index contributed by atoms with van der Waals surface area (Å²) < 4.78 is 5.02. The van der Waals surface area contributed by atoms with E-state index in [0.29, 0.717) is 10.8 Å². The van der Waals surface area contributed by atoms with Crippen molar-refractivity contribution in [1.29, 1.82) is 0 Å². The van der Waals surface area contributed by atoms with Crippen LogP contribution in [0.5, 0.6) is 0 Å². The maximum atomic E-state index is 12.0. The van der Waals surface area contributed by atoms with Crippen LogP contribution in [0.3, 0.4) is 0 Å². The summed E-state index contributed by atoms with van der Waals surface area (Å²) in [6.07, 6.45) is 7.43. The summed E-state index contributed by atoms with van der Waals surface area (Å²) >= 11 is 1.43. The molecule has 0 spiro atoms. The van der Waals surface area contributed by atoms with Crippen LogP contribution >= 0.6 is 11.3 Å². The van der Waals surface area contributed by atoms with Gasteiger partial charge in [0.05, 0.1) is 0 Å². The van der Waals surface area contributed by atoms with E-state index in [-0.39, 0.29) is 6.04 Å². The van der Waals surface area contributed by atoms with Gasteiger partial charge in [-0.1, -0.05) is 19.8 Å². The van der Waals surface area contributed by atoms with Gasteiger partial charge in [0.15, 0.2) is 6.61 Å². The van der Waals surface area contributed by atoms with Crippen molar-refractivity contribution in [3.8, 4) is 0 Å². The van der Waals surface area contributed by atoms with Crippen molar-refractivity contribution in [2.24, 2.45) is 5.92 Å². The van der Waals surface area contributed by atoms with Gasteiger partial charge < -0.3 is 10.1 Å². The van der Waals surface area contributed by atoms with Gasteiger partial charge in [-0.3, -0.25) is 10.1 Å². The summed E-state index contributed by atoms with van der Waals surface area (Å²) in [4.78, 5) is 37.5. The molecule has 0 bridgehead atoms. The number of carbonyl (C=O) groups is 3. The Hall–Kier alpha value is -1.89. The van der Waals surface area contributed by atoms with Gasteiger partial charge in [0.2, 0.25) is 0 Å². The number of amides is 3. The standard InChI is InChI=1S/C18H24N2O4S/c1-11-5-2-3-7-13(11)19-18(23)20-16(21)10-24-17(22)15-9-12-6-4-8-14(12)25-15/h9,11,13H,2-8,10H2,1H3,(H2,19,20,21,23)/t11-,13+/m0/s1. The predicted molar refractivity (Wildman–Crippen MR) is 94.7 cm³/mol. The summed E-state index contributed by atoms with van der Waals surface area (Å²) in [5.74, 6) is -0.706. The molecule has 2 N–H and O–H groups in total. The van der Waals surface area contributed by atoms with E-state index in [0.717, 1.165) is 38.5 Å². The van der Waals surface area contributed by atoms with Crippen LogP contribution in [0.2, 0.25) is 0 Å². The molecule has 0 aliphatic heterocycles. The molecule has 0 saturated heterocycles. The van der Waals surface area contributed by atoms with Crippen LogP contribution in [-0.2, 0) is 22.4 Å². The minimum absolute atomic E-state index is 0.0950. The molecule has 2 atom stereocenters. The van der Waals surface area contributed by atoms with E-state index in [2.05, 4.69) is 17.6 Å². The molecule has 136 valence electrons. The van der Waals surface area contributed by atoms with Crippen molar-refractivity contribution >= 4 is 29.2 Å². The Labute approximate surface area is 151 Å². The van der Waals surface area contributed by atoms with E-state index < -0.39 is 24.5 Å². The minimum atomic E-state index is -0.613. The lowest BCUT2D eigenvalue weighted by atomic mass is 9.86. The van der Waals surface area contributed by atoms with E-state index in [1.54, 1.807) is 0 Å². The van der Waals surface area contributed by atoms with E-state index in [1.165, 1.54) is 28.2 Å². The van der Waals surface area contributed by atoms with Gasteiger partial charge in [-0.15, -0.1) is 11.3 Å². The molecule has 3 rings (SSSR count). The third-order valence-corrected chi connectivity index (χ3v) is 6.18. The summed E-state index contributed by atoms with van der Waals surface area (Å²) in [5.41, 5.74) is 1.21. The van der Waals surface area contributed by atoms with Crippen LogP contribution < -0.4 is 10.6 Å². The number of aryl methyl sites for hydroxylation is 2. The lowest BCUT2D eigenvalue weighted by Gasteiger charge is -2.29. The number of fused-ring (bicyclic) bond motifs is 1. The number of hydrogen-bond acceptors (Lipinski definition) is 5. The number of hydrogen-bond donors (Lipinski definition) is 2. The highest BCUT2D eigenvalue weighted by Crippen LogP contribution is 2.30. The van der Waals surface area contributed by atoms with Crippen LogP contribution in [0, 0.1) is 5.92 Å². The van der Waals surface area contributed by atoms with Gasteiger partial charge in [-0.2, -0.15) is 0 Å². The molecular weight excluding hydrogens is 340 g/mol. The Morgan fingerprint density at radius 3 is 2.76 bits per heavy atom. The normalized spacial score (nSPS) is 22.1. The zero-order valence-corrected chi connectivity index (χ0v) is 15.2. The summed E-state index contributed by atoms with van der Waals surface area (Å²) in [6.45, 7) is 1.65. The third-order valence-electron chi connectivity index (χ3n) is 4.96. The predicted octanol–water partition coefficient (Wildman–Crippen LogP) is 2.80. The largest absolute Gasteiger partial charge is 0.451 e. The molecule has 2 aliphatic rings. The number of rotatable bonds is 4. The topological polar surface area (TPSA) is 84.5 Å². The molecule has 1 saturated carbocycles. The summed E-state index contributed by atoms with van der Waals surface area (Å²) in [5, 5.41) is 5.07. The molecular formula is C18H24N2O4S. The van der Waals surface area contributed by atoms with Gasteiger partial charge in [-0.25, -0.2) is 9.59 Å². The van der Waals surface area contributed by atoms with Crippen molar-refractivity contribution in [1.82, 2.24) is 10.6 Å². The van der Waals surface area contributed by atoms with Crippen LogP contribution in [0.25, 0.3) is 0 Å². The zero-order chi connectivity index (χ0) is 17.8. The summed E-state index contributed by atoms with van der Waals surface area (Å²) in [7, 11) is 0. The monoisotopic (exact) mass is 364 g/mol. The first-order valence-corrected chi connectivity index (χ1v) is 9.73. The van der Waals surface area contributed by atoms with Crippen molar-refractivity contribution in [3.05, 3.63) is 21.4 Å². The number of ether oxygens (including phenoxy) is 1. The highest BCUT2D eigenvalue weighted by Gasteiger charge is 2.24. The second-order valence-corrected chi connectivity index (χ2v) is 8.02. The van der Waals surface area contributed by atoms with Crippen molar-refractivity contribution in [2.75, 3.05) is 6.61 Å². The number of nitrogens with one attached hydrogen (secondary N) is 2. The number of esters is 1. The molecule has 1 fully saturated rings. The smallest absolute Gasteiger partial charge is 0.348 e. The maximum absolute atomic E-state index is 12.0. The van der Waals surface area contributed by atoms with Gasteiger partial charge in [-0.05, 0) is 49.7 Å². The van der Waals surface area contributed by atoms with Gasteiger partial charge in [0.25, 0.3) is 5.91 Å². The Kier molecular flexibility index (Phi) is 5.73. The van der Waals surface area contributed by atoms with Crippen molar-refractivity contribution in [2.45, 2.75) is 57.9 Å². The quantitative estimate of drug-likeness (QED) is 0.805. The third kappa shape index (κ3) is 4.60. The second kappa shape index (κ2) is 7.99. The SMILES string of the molecule is C[C@H]1CCCC[C@H]1NC(=O)NC(=O)COC(=O)c1cc2c(s1)CCC2.